The molecule has 1 aliphatic carbocycles. The van der Waals surface area contributed by atoms with E-state index >= 15 is 0 Å². The average Bonchev–Trinajstić information content (AvgIpc) is 2.21. The Bertz CT molecular complexity index is 159. The molecule has 0 spiro atoms. The van der Waals surface area contributed by atoms with Crippen LogP contribution in [0.3, 0.4) is 0 Å². The molecule has 0 atom stereocenters. The van der Waals surface area contributed by atoms with Crippen molar-refractivity contribution in [3.8, 4) is 0 Å². The Morgan fingerprint density at radius 2 is 2.08 bits per heavy atom. The normalized spacial score (nSPS) is 15.4. The second-order valence-corrected chi connectivity index (χ2v) is 2.47. The molecule has 0 bridgehead atoms. The zero-order valence-electron chi connectivity index (χ0n) is 8.22. The first-order valence-corrected chi connectivity index (χ1v) is 4.62. The van der Waals surface area contributed by atoms with E-state index in [9.17, 15) is 4.79 Å². The third-order valence-corrected chi connectivity index (χ3v) is 1.74. The van der Waals surface area contributed by atoms with Crippen molar-refractivity contribution in [2.24, 2.45) is 0 Å². The Kier molecular flexibility index (Phi) is 6.44. The fourth-order valence-corrected chi connectivity index (χ4v) is 1.15. The topological polar surface area (TPSA) is 26.3 Å². The third kappa shape index (κ3) is 3.56. The van der Waals surface area contributed by atoms with Gasteiger partial charge >= 0.3 is 5.97 Å². The fourth-order valence-electron chi connectivity index (χ4n) is 1.15. The molecule has 0 N–H and O–H groups in total. The van der Waals surface area contributed by atoms with Gasteiger partial charge < -0.3 is 4.74 Å². The first-order valence-electron chi connectivity index (χ1n) is 4.62. The van der Waals surface area contributed by atoms with Gasteiger partial charge in [-0.1, -0.05) is 19.9 Å². The molecular weight excluding hydrogens is 152 g/mol. The number of hydrogen-bond acceptors (Lipinski definition) is 2. The van der Waals surface area contributed by atoms with Crippen LogP contribution in [-0.4, -0.2) is 13.1 Å². The average molecular weight is 170 g/mol. The van der Waals surface area contributed by atoms with Crippen molar-refractivity contribution in [1.29, 1.82) is 0 Å². The zero-order chi connectivity index (χ0) is 9.40. The highest BCUT2D eigenvalue weighted by Crippen LogP contribution is 2.17. The van der Waals surface area contributed by atoms with Gasteiger partial charge in [-0.25, -0.2) is 4.79 Å². The van der Waals surface area contributed by atoms with Crippen LogP contribution >= 0.6 is 0 Å². The molecule has 0 aliphatic heterocycles. The molecule has 70 valence electrons. The van der Waals surface area contributed by atoms with Gasteiger partial charge in [0.15, 0.2) is 0 Å². The molecule has 0 radical (unpaired) electrons. The summed E-state index contributed by atoms with van der Waals surface area (Å²) in [5, 5.41) is 0. The molecule has 0 unspecified atom stereocenters. The Morgan fingerprint density at radius 3 is 2.50 bits per heavy atom. The minimum Gasteiger partial charge on any atom is -0.466 e. The summed E-state index contributed by atoms with van der Waals surface area (Å²) < 4.78 is 4.58. The van der Waals surface area contributed by atoms with Gasteiger partial charge in [0.25, 0.3) is 0 Å². The van der Waals surface area contributed by atoms with Crippen LogP contribution in [0.25, 0.3) is 0 Å². The molecule has 0 aromatic rings. The van der Waals surface area contributed by atoms with Crippen molar-refractivity contribution in [2.45, 2.75) is 39.5 Å². The largest absolute Gasteiger partial charge is 0.466 e. The van der Waals surface area contributed by atoms with E-state index in [0.717, 1.165) is 24.8 Å². The van der Waals surface area contributed by atoms with Crippen LogP contribution in [0.1, 0.15) is 39.5 Å². The molecule has 0 aromatic heterocycles. The monoisotopic (exact) mass is 170 g/mol. The molecule has 0 saturated heterocycles. The third-order valence-electron chi connectivity index (χ3n) is 1.74. The van der Waals surface area contributed by atoms with Gasteiger partial charge in [-0.2, -0.15) is 0 Å². The predicted octanol–water partition coefficient (Wildman–Crippen LogP) is 2.69. The number of allylic oxidation sites excluding steroid dienone is 1. The van der Waals surface area contributed by atoms with Crippen molar-refractivity contribution in [3.05, 3.63) is 11.6 Å². The second-order valence-electron chi connectivity index (χ2n) is 2.47. The lowest BCUT2D eigenvalue weighted by Gasteiger charge is -2.09. The minimum absolute atomic E-state index is 0.153. The number of carbonyl (C=O) groups is 1. The van der Waals surface area contributed by atoms with Gasteiger partial charge in [0, 0.05) is 5.57 Å². The maximum absolute atomic E-state index is 10.9. The smallest absolute Gasteiger partial charge is 0.333 e. The van der Waals surface area contributed by atoms with Crippen LogP contribution in [0.5, 0.6) is 0 Å². The summed E-state index contributed by atoms with van der Waals surface area (Å²) in [4.78, 5) is 10.9. The van der Waals surface area contributed by atoms with Crippen molar-refractivity contribution in [2.75, 3.05) is 7.11 Å². The highest BCUT2D eigenvalue weighted by atomic mass is 16.5. The molecule has 0 fully saturated rings. The molecule has 0 aromatic carbocycles. The Hall–Kier alpha value is -0.790. The van der Waals surface area contributed by atoms with E-state index < -0.39 is 0 Å². The molecule has 1 aliphatic rings. The van der Waals surface area contributed by atoms with Gasteiger partial charge in [-0.3, -0.25) is 0 Å². The van der Waals surface area contributed by atoms with E-state index in [1.165, 1.54) is 13.5 Å². The van der Waals surface area contributed by atoms with Crippen molar-refractivity contribution in [3.63, 3.8) is 0 Å². The van der Waals surface area contributed by atoms with Crippen LogP contribution in [0.2, 0.25) is 0 Å². The molecule has 2 heteroatoms. The molecular formula is C10H18O2. The Labute approximate surface area is 74.6 Å². The van der Waals surface area contributed by atoms with Crippen LogP contribution in [0.4, 0.5) is 0 Å². The number of ether oxygens (including phenoxy) is 1. The number of methoxy groups -OCH3 is 1. The summed E-state index contributed by atoms with van der Waals surface area (Å²) in [6.07, 6.45) is 6.24. The Balaban J connectivity index is 0.000000561. The first kappa shape index (κ1) is 11.2. The quantitative estimate of drug-likeness (QED) is 0.565. The predicted molar refractivity (Wildman–Crippen MR) is 49.9 cm³/mol. The lowest BCUT2D eigenvalue weighted by Crippen LogP contribution is -2.06. The SMILES string of the molecule is CC.COC(=O)C1=CCCCC1. The zero-order valence-corrected chi connectivity index (χ0v) is 8.22. The van der Waals surface area contributed by atoms with Crippen LogP contribution < -0.4 is 0 Å². The van der Waals surface area contributed by atoms with Gasteiger partial charge in [-0.05, 0) is 25.7 Å². The summed E-state index contributed by atoms with van der Waals surface area (Å²) in [6.45, 7) is 4.00. The van der Waals surface area contributed by atoms with E-state index in [-0.39, 0.29) is 5.97 Å². The van der Waals surface area contributed by atoms with E-state index in [1.807, 2.05) is 19.9 Å². The summed E-state index contributed by atoms with van der Waals surface area (Å²) in [5.74, 6) is -0.153. The summed E-state index contributed by atoms with van der Waals surface area (Å²) in [5.41, 5.74) is 0.855. The number of esters is 1. The van der Waals surface area contributed by atoms with Gasteiger partial charge in [0.05, 0.1) is 7.11 Å². The van der Waals surface area contributed by atoms with Crippen LogP contribution in [-0.2, 0) is 9.53 Å². The van der Waals surface area contributed by atoms with Crippen molar-refractivity contribution >= 4 is 5.97 Å². The number of carbonyl (C=O) groups excluding carboxylic acids is 1. The summed E-state index contributed by atoms with van der Waals surface area (Å²) >= 11 is 0. The molecule has 0 saturated carbocycles. The van der Waals surface area contributed by atoms with Gasteiger partial charge in [-0.15, -0.1) is 0 Å². The van der Waals surface area contributed by atoms with Crippen molar-refractivity contribution < 1.29 is 9.53 Å². The standard InChI is InChI=1S/C8H12O2.C2H6/c1-10-8(9)7-5-3-2-4-6-7;1-2/h5H,2-4,6H2,1H3;1-2H3. The molecule has 0 heterocycles. The van der Waals surface area contributed by atoms with Crippen LogP contribution in [0, 0.1) is 0 Å². The Morgan fingerprint density at radius 1 is 1.42 bits per heavy atom. The highest BCUT2D eigenvalue weighted by molar-refractivity contribution is 5.88. The highest BCUT2D eigenvalue weighted by Gasteiger charge is 2.11. The lowest BCUT2D eigenvalue weighted by molar-refractivity contribution is -0.136. The maximum Gasteiger partial charge on any atom is 0.333 e. The molecule has 0 amide bonds. The summed E-state index contributed by atoms with van der Waals surface area (Å²) in [7, 11) is 1.43. The lowest BCUT2D eigenvalue weighted by atomic mass is 10.00. The number of hydrogen-bond donors (Lipinski definition) is 0. The number of rotatable bonds is 1. The minimum atomic E-state index is -0.153. The second kappa shape index (κ2) is 6.89. The molecule has 2 nitrogen and oxygen atoms in total. The molecule has 12 heavy (non-hydrogen) atoms. The summed E-state index contributed by atoms with van der Waals surface area (Å²) in [6, 6.07) is 0. The van der Waals surface area contributed by atoms with Gasteiger partial charge in [0.1, 0.15) is 0 Å². The van der Waals surface area contributed by atoms with Crippen molar-refractivity contribution in [1.82, 2.24) is 0 Å². The van der Waals surface area contributed by atoms with Crippen LogP contribution in [0.15, 0.2) is 11.6 Å². The van der Waals surface area contributed by atoms with Gasteiger partial charge in [0.2, 0.25) is 0 Å². The fraction of sp³-hybridized carbons (Fsp3) is 0.700. The van der Waals surface area contributed by atoms with E-state index in [1.54, 1.807) is 0 Å². The maximum atomic E-state index is 10.9. The van der Waals surface area contributed by atoms with E-state index in [0.29, 0.717) is 0 Å². The van der Waals surface area contributed by atoms with E-state index in [4.69, 9.17) is 0 Å². The van der Waals surface area contributed by atoms with E-state index in [2.05, 4.69) is 4.74 Å². The molecule has 1 rings (SSSR count). The first-order chi connectivity index (χ1) is 5.84.